The smallest absolute Gasteiger partial charge is 0.159 e. The minimum absolute atomic E-state index is 0.386. The molecule has 3 nitrogen and oxygen atoms in total. The van der Waals surface area contributed by atoms with Crippen LogP contribution in [0.15, 0.2) is 42.1 Å². The van der Waals surface area contributed by atoms with E-state index in [4.69, 9.17) is 28.3 Å². The second kappa shape index (κ2) is 8.45. The Labute approximate surface area is 171 Å². The molecule has 3 rings (SSSR count). The van der Waals surface area contributed by atoms with Gasteiger partial charge < -0.3 is 0 Å². The van der Waals surface area contributed by atoms with E-state index in [1.807, 2.05) is 28.9 Å². The minimum Gasteiger partial charge on any atom is -0.237 e. The number of rotatable bonds is 6. The van der Waals surface area contributed by atoms with Crippen molar-refractivity contribution in [3.63, 3.8) is 0 Å². The van der Waals surface area contributed by atoms with E-state index in [0.717, 1.165) is 41.9 Å². The third-order valence-corrected chi connectivity index (χ3v) is 5.37. The molecule has 0 fully saturated rings. The van der Waals surface area contributed by atoms with E-state index in [0.29, 0.717) is 16.0 Å². The van der Waals surface area contributed by atoms with Crippen LogP contribution < -0.4 is 0 Å². The van der Waals surface area contributed by atoms with Gasteiger partial charge in [-0.2, -0.15) is 5.10 Å². The largest absolute Gasteiger partial charge is 0.237 e. The van der Waals surface area contributed by atoms with Gasteiger partial charge >= 0.3 is 0 Å². The number of aromatic nitrogens is 3. The Hall–Kier alpha value is -1.84. The van der Waals surface area contributed by atoms with Crippen molar-refractivity contribution >= 4 is 28.8 Å². The summed E-state index contributed by atoms with van der Waals surface area (Å²) in [5.41, 5.74) is 6.45. The van der Waals surface area contributed by atoms with Gasteiger partial charge in [0, 0.05) is 22.3 Å². The van der Waals surface area contributed by atoms with Crippen molar-refractivity contribution in [1.29, 1.82) is 0 Å². The zero-order chi connectivity index (χ0) is 19.6. The van der Waals surface area contributed by atoms with Crippen LogP contribution in [-0.2, 0) is 6.42 Å². The standard InChI is InChI=1S/C22H25Cl2N3/c1-5-19-21(15(4)8-6-7-14(2)3)22-25-12-11-20(27(22)26-19)17-10-9-16(23)13-18(17)24/h7,9-13,15H,5-6,8H2,1-4H3. The first-order chi connectivity index (χ1) is 12.9. The number of hydrogen-bond acceptors (Lipinski definition) is 2. The van der Waals surface area contributed by atoms with Gasteiger partial charge in [-0.05, 0) is 63.3 Å². The summed E-state index contributed by atoms with van der Waals surface area (Å²) in [6.45, 7) is 8.68. The first-order valence-corrected chi connectivity index (χ1v) is 10.1. The van der Waals surface area contributed by atoms with E-state index < -0.39 is 0 Å². The number of aryl methyl sites for hydroxylation is 1. The fourth-order valence-electron chi connectivity index (χ4n) is 3.44. The van der Waals surface area contributed by atoms with Crippen molar-refractivity contribution in [3.05, 3.63) is 63.4 Å². The number of benzene rings is 1. The number of fused-ring (bicyclic) bond motifs is 1. The van der Waals surface area contributed by atoms with Crippen LogP contribution in [0.2, 0.25) is 10.0 Å². The molecule has 142 valence electrons. The van der Waals surface area contributed by atoms with Gasteiger partial charge in [-0.1, -0.05) is 48.7 Å². The third kappa shape index (κ3) is 4.20. The lowest BCUT2D eigenvalue weighted by atomic mass is 9.94. The summed E-state index contributed by atoms with van der Waals surface area (Å²) < 4.78 is 1.93. The Bertz CT molecular complexity index is 985. The number of nitrogens with zero attached hydrogens (tertiary/aromatic N) is 3. The predicted molar refractivity (Wildman–Crippen MR) is 115 cm³/mol. The molecule has 1 aromatic carbocycles. The molecule has 1 unspecified atom stereocenters. The fourth-order valence-corrected chi connectivity index (χ4v) is 3.95. The van der Waals surface area contributed by atoms with Crippen molar-refractivity contribution in [1.82, 2.24) is 14.6 Å². The summed E-state index contributed by atoms with van der Waals surface area (Å²) in [7, 11) is 0. The van der Waals surface area contributed by atoms with Crippen LogP contribution in [0.25, 0.3) is 16.9 Å². The lowest BCUT2D eigenvalue weighted by Gasteiger charge is -2.11. The summed E-state index contributed by atoms with van der Waals surface area (Å²) in [6.07, 6.45) is 7.14. The molecule has 0 aliphatic heterocycles. The Balaban J connectivity index is 2.10. The van der Waals surface area contributed by atoms with Crippen LogP contribution in [0, 0.1) is 0 Å². The molecule has 0 spiro atoms. The molecule has 0 aliphatic rings. The van der Waals surface area contributed by atoms with Crippen molar-refractivity contribution in [2.24, 2.45) is 0 Å². The molecule has 5 heteroatoms. The molecule has 0 amide bonds. The molecule has 0 bridgehead atoms. The highest BCUT2D eigenvalue weighted by molar-refractivity contribution is 6.36. The second-order valence-electron chi connectivity index (χ2n) is 7.16. The number of allylic oxidation sites excluding steroid dienone is 2. The molecular formula is C22H25Cl2N3. The van der Waals surface area contributed by atoms with Crippen molar-refractivity contribution in [2.75, 3.05) is 0 Å². The maximum Gasteiger partial charge on any atom is 0.159 e. The van der Waals surface area contributed by atoms with E-state index in [1.165, 1.54) is 11.1 Å². The van der Waals surface area contributed by atoms with Gasteiger partial charge in [0.05, 0.1) is 16.4 Å². The molecule has 0 saturated heterocycles. The number of hydrogen-bond donors (Lipinski definition) is 0. The van der Waals surface area contributed by atoms with Crippen molar-refractivity contribution in [3.8, 4) is 11.3 Å². The Morgan fingerprint density at radius 1 is 1.22 bits per heavy atom. The lowest BCUT2D eigenvalue weighted by molar-refractivity contribution is 0.684. The van der Waals surface area contributed by atoms with Crippen LogP contribution in [0.3, 0.4) is 0 Å². The average molecular weight is 402 g/mol. The van der Waals surface area contributed by atoms with Crippen LogP contribution in [0.1, 0.15) is 57.7 Å². The SMILES string of the molecule is CCc1nn2c(-c3ccc(Cl)cc3Cl)ccnc2c1C(C)CCC=C(C)C. The minimum atomic E-state index is 0.386. The summed E-state index contributed by atoms with van der Waals surface area (Å²) in [5.74, 6) is 0.386. The second-order valence-corrected chi connectivity index (χ2v) is 8.01. The zero-order valence-corrected chi connectivity index (χ0v) is 17.8. The van der Waals surface area contributed by atoms with Gasteiger partial charge in [-0.25, -0.2) is 9.50 Å². The molecule has 0 aliphatic carbocycles. The van der Waals surface area contributed by atoms with Crippen LogP contribution in [0.4, 0.5) is 0 Å². The highest BCUT2D eigenvalue weighted by Crippen LogP contribution is 2.34. The summed E-state index contributed by atoms with van der Waals surface area (Å²) in [5, 5.41) is 6.12. The highest BCUT2D eigenvalue weighted by Gasteiger charge is 2.20. The van der Waals surface area contributed by atoms with Crippen LogP contribution in [-0.4, -0.2) is 14.6 Å². The van der Waals surface area contributed by atoms with Gasteiger partial charge in [0.1, 0.15) is 0 Å². The summed E-state index contributed by atoms with van der Waals surface area (Å²) in [6, 6.07) is 7.50. The third-order valence-electron chi connectivity index (χ3n) is 4.82. The molecule has 3 aromatic rings. The molecule has 27 heavy (non-hydrogen) atoms. The fraction of sp³-hybridized carbons (Fsp3) is 0.364. The normalized spacial score (nSPS) is 12.4. The Kier molecular flexibility index (Phi) is 6.23. The van der Waals surface area contributed by atoms with E-state index in [1.54, 1.807) is 6.07 Å². The van der Waals surface area contributed by atoms with E-state index in [2.05, 4.69) is 38.8 Å². The average Bonchev–Trinajstić information content (AvgIpc) is 3.00. The van der Waals surface area contributed by atoms with Gasteiger partial charge in [0.25, 0.3) is 0 Å². The van der Waals surface area contributed by atoms with E-state index in [9.17, 15) is 0 Å². The van der Waals surface area contributed by atoms with Crippen LogP contribution in [0.5, 0.6) is 0 Å². The van der Waals surface area contributed by atoms with Gasteiger partial charge in [-0.3, -0.25) is 0 Å². The highest BCUT2D eigenvalue weighted by atomic mass is 35.5. The maximum absolute atomic E-state index is 6.45. The topological polar surface area (TPSA) is 30.2 Å². The van der Waals surface area contributed by atoms with Gasteiger partial charge in [-0.15, -0.1) is 0 Å². The van der Waals surface area contributed by atoms with E-state index in [-0.39, 0.29) is 0 Å². The quantitative estimate of drug-likeness (QED) is 0.411. The molecule has 0 saturated carbocycles. The first-order valence-electron chi connectivity index (χ1n) is 9.37. The maximum atomic E-state index is 6.45. The Morgan fingerprint density at radius 2 is 2.00 bits per heavy atom. The molecule has 2 heterocycles. The van der Waals surface area contributed by atoms with Gasteiger partial charge in [0.15, 0.2) is 5.65 Å². The van der Waals surface area contributed by atoms with Gasteiger partial charge in [0.2, 0.25) is 0 Å². The molecule has 2 aromatic heterocycles. The number of halogens is 2. The van der Waals surface area contributed by atoms with Crippen LogP contribution >= 0.6 is 23.2 Å². The van der Waals surface area contributed by atoms with Crippen molar-refractivity contribution in [2.45, 2.75) is 52.9 Å². The summed E-state index contributed by atoms with van der Waals surface area (Å²) >= 11 is 12.5. The molecule has 1 atom stereocenters. The molecule has 0 N–H and O–H groups in total. The zero-order valence-electron chi connectivity index (χ0n) is 16.3. The lowest BCUT2D eigenvalue weighted by Crippen LogP contribution is -1.99. The Morgan fingerprint density at radius 3 is 2.67 bits per heavy atom. The molecular weight excluding hydrogens is 377 g/mol. The van der Waals surface area contributed by atoms with E-state index >= 15 is 0 Å². The first kappa shape index (κ1) is 19.9. The summed E-state index contributed by atoms with van der Waals surface area (Å²) in [4.78, 5) is 4.66. The predicted octanol–water partition coefficient (Wildman–Crippen LogP) is 7.12. The molecule has 0 radical (unpaired) electrons. The van der Waals surface area contributed by atoms with Crippen molar-refractivity contribution < 1.29 is 0 Å². The monoisotopic (exact) mass is 401 g/mol.